The van der Waals surface area contributed by atoms with Crippen LogP contribution in [-0.2, 0) is 16.8 Å². The largest absolute Gasteiger partial charge is 0.287 e. The van der Waals surface area contributed by atoms with Crippen molar-refractivity contribution in [1.82, 2.24) is 0 Å². The van der Waals surface area contributed by atoms with E-state index in [4.69, 9.17) is 0 Å². The predicted octanol–water partition coefficient (Wildman–Crippen LogP) is 1.79. The number of rotatable bonds is 1. The van der Waals surface area contributed by atoms with Crippen LogP contribution in [0, 0.1) is 6.26 Å². The van der Waals surface area contributed by atoms with E-state index in [1.165, 1.54) is 10.8 Å². The molecule has 3 heteroatoms. The van der Waals surface area contributed by atoms with Gasteiger partial charge in [-0.15, -0.1) is 10.8 Å². The Morgan fingerprint density at radius 2 is 1.80 bits per heavy atom. The van der Waals surface area contributed by atoms with Crippen molar-refractivity contribution in [1.29, 1.82) is 0 Å². The van der Waals surface area contributed by atoms with Crippen molar-refractivity contribution in [3.05, 3.63) is 6.26 Å². The molecule has 0 spiro atoms. The van der Waals surface area contributed by atoms with Crippen LogP contribution in [0.1, 0.15) is 0 Å². The summed E-state index contributed by atoms with van der Waals surface area (Å²) in [6, 6.07) is 0. The minimum absolute atomic E-state index is 0. The van der Waals surface area contributed by atoms with Crippen LogP contribution in [0.3, 0.4) is 0 Å². The SMILES string of the molecule is [CH2-]SSC.[Co]. The van der Waals surface area contributed by atoms with E-state index >= 15 is 0 Å². The molecule has 0 saturated heterocycles. The Balaban J connectivity index is 0. The van der Waals surface area contributed by atoms with E-state index in [9.17, 15) is 0 Å². The molecule has 0 fully saturated rings. The number of hydrogen-bond acceptors (Lipinski definition) is 2. The third-order valence-electron chi connectivity index (χ3n) is 0.118. The van der Waals surface area contributed by atoms with E-state index in [-0.39, 0.29) is 16.8 Å². The maximum absolute atomic E-state index is 3.48. The van der Waals surface area contributed by atoms with Gasteiger partial charge < -0.3 is 0 Å². The minimum Gasteiger partial charge on any atom is -0.287 e. The summed E-state index contributed by atoms with van der Waals surface area (Å²) in [6.45, 7) is 0. The van der Waals surface area contributed by atoms with Gasteiger partial charge in [-0.25, -0.2) is 0 Å². The van der Waals surface area contributed by atoms with Crippen molar-refractivity contribution in [2.75, 3.05) is 6.26 Å². The Kier molecular flexibility index (Phi) is 17.0. The fourth-order valence-corrected chi connectivity index (χ4v) is 0. The molecule has 0 N–H and O–H groups in total. The van der Waals surface area contributed by atoms with Crippen LogP contribution in [0.5, 0.6) is 0 Å². The molecule has 1 radical (unpaired) electrons. The predicted molar refractivity (Wildman–Crippen MR) is 26.5 cm³/mol. The van der Waals surface area contributed by atoms with Gasteiger partial charge in [0.25, 0.3) is 0 Å². The van der Waals surface area contributed by atoms with Crippen LogP contribution < -0.4 is 0 Å². The first-order valence-electron chi connectivity index (χ1n) is 0.864. The van der Waals surface area contributed by atoms with E-state index in [2.05, 4.69) is 6.26 Å². The molecule has 0 aromatic rings. The van der Waals surface area contributed by atoms with Crippen molar-refractivity contribution >= 4 is 21.6 Å². The summed E-state index contributed by atoms with van der Waals surface area (Å²) < 4.78 is 0. The summed E-state index contributed by atoms with van der Waals surface area (Å²) in [4.78, 5) is 0. The van der Waals surface area contributed by atoms with Crippen LogP contribution in [0.4, 0.5) is 0 Å². The van der Waals surface area contributed by atoms with E-state index in [0.29, 0.717) is 0 Å². The molecule has 0 aliphatic carbocycles. The zero-order chi connectivity index (χ0) is 3.41. The summed E-state index contributed by atoms with van der Waals surface area (Å²) in [7, 11) is 3.19. The van der Waals surface area contributed by atoms with Crippen LogP contribution in [0.15, 0.2) is 0 Å². The fourth-order valence-electron chi connectivity index (χ4n) is 0. The molecule has 0 amide bonds. The zero-order valence-electron chi connectivity index (χ0n) is 2.86. The first-order chi connectivity index (χ1) is 1.91. The van der Waals surface area contributed by atoms with E-state index < -0.39 is 0 Å². The first kappa shape index (κ1) is 9.51. The maximum Gasteiger partial charge on any atom is 0 e. The Hall–Kier alpha value is 1.21. The summed E-state index contributed by atoms with van der Waals surface area (Å²) in [5.74, 6) is 0. The molecule has 0 unspecified atom stereocenters. The van der Waals surface area contributed by atoms with Crippen molar-refractivity contribution in [2.24, 2.45) is 0 Å². The van der Waals surface area contributed by atoms with Gasteiger partial charge in [0.2, 0.25) is 0 Å². The summed E-state index contributed by atoms with van der Waals surface area (Å²) in [6.07, 6.45) is 5.48. The van der Waals surface area contributed by atoms with Gasteiger partial charge in [0.1, 0.15) is 0 Å². The molecule has 0 aliphatic rings. The second-order valence-corrected chi connectivity index (χ2v) is 2.56. The molecule has 0 heterocycles. The van der Waals surface area contributed by atoms with Gasteiger partial charge in [-0.05, 0) is 6.26 Å². The molecule has 0 aromatic carbocycles. The molecule has 0 aromatic heterocycles. The molecule has 0 aliphatic heterocycles. The smallest absolute Gasteiger partial charge is 0 e. The van der Waals surface area contributed by atoms with Gasteiger partial charge in [0.05, 0.1) is 0 Å². The molecule has 0 saturated carbocycles. The summed E-state index contributed by atoms with van der Waals surface area (Å²) >= 11 is 0. The minimum atomic E-state index is 0. The molecular weight excluding hydrogens is 147 g/mol. The number of hydrogen-bond donors (Lipinski definition) is 0. The Labute approximate surface area is 51.1 Å². The third-order valence-corrected chi connectivity index (χ3v) is 1.06. The summed E-state index contributed by atoms with van der Waals surface area (Å²) in [5, 5.41) is 0. The van der Waals surface area contributed by atoms with Crippen molar-refractivity contribution < 1.29 is 16.8 Å². The van der Waals surface area contributed by atoms with Crippen LogP contribution in [-0.4, -0.2) is 6.26 Å². The Morgan fingerprint density at radius 1 is 1.60 bits per heavy atom. The maximum atomic E-state index is 3.48. The molecule has 35 valence electrons. The van der Waals surface area contributed by atoms with Gasteiger partial charge in [-0.1, -0.05) is 0 Å². The van der Waals surface area contributed by atoms with Crippen molar-refractivity contribution in [2.45, 2.75) is 0 Å². The second kappa shape index (κ2) is 8.96. The van der Waals surface area contributed by atoms with Gasteiger partial charge in [-0.2, -0.15) is 0 Å². The standard InChI is InChI=1S/C2H5S2.Co/c1-3-4-2;/h1H2,2H3;/q-1;. The van der Waals surface area contributed by atoms with Crippen molar-refractivity contribution in [3.8, 4) is 0 Å². The van der Waals surface area contributed by atoms with E-state index in [1.807, 2.05) is 6.26 Å². The topological polar surface area (TPSA) is 0 Å². The van der Waals surface area contributed by atoms with Gasteiger partial charge in [0.15, 0.2) is 0 Å². The van der Waals surface area contributed by atoms with E-state index in [1.54, 1.807) is 10.8 Å². The first-order valence-corrected chi connectivity index (χ1v) is 3.59. The fraction of sp³-hybridized carbons (Fsp3) is 0.500. The van der Waals surface area contributed by atoms with E-state index in [0.717, 1.165) is 0 Å². The van der Waals surface area contributed by atoms with Crippen molar-refractivity contribution in [3.63, 3.8) is 0 Å². The average molecular weight is 152 g/mol. The van der Waals surface area contributed by atoms with Gasteiger partial charge in [0, 0.05) is 16.8 Å². The molecular formula is C2H5CoS2-. The van der Waals surface area contributed by atoms with Crippen LogP contribution in [0.25, 0.3) is 0 Å². The Morgan fingerprint density at radius 3 is 1.80 bits per heavy atom. The molecule has 5 heavy (non-hydrogen) atoms. The average Bonchev–Trinajstić information content (AvgIpc) is 1.37. The second-order valence-electron chi connectivity index (χ2n) is 0.285. The monoisotopic (exact) mass is 152 g/mol. The molecule has 0 atom stereocenters. The van der Waals surface area contributed by atoms with Gasteiger partial charge in [-0.3, -0.25) is 17.0 Å². The summed E-state index contributed by atoms with van der Waals surface area (Å²) in [5.41, 5.74) is 0. The molecule has 0 rings (SSSR count). The third kappa shape index (κ3) is 11.0. The van der Waals surface area contributed by atoms with Crippen LogP contribution in [0.2, 0.25) is 0 Å². The van der Waals surface area contributed by atoms with Crippen LogP contribution >= 0.6 is 21.6 Å². The zero-order valence-corrected chi connectivity index (χ0v) is 5.53. The molecule has 0 nitrogen and oxygen atoms in total. The quantitative estimate of drug-likeness (QED) is 0.415. The molecule has 0 bridgehead atoms. The Bertz CT molecular complexity index is 9.61. The van der Waals surface area contributed by atoms with Gasteiger partial charge >= 0.3 is 0 Å². The normalized spacial score (nSPS) is 6.00.